The van der Waals surface area contributed by atoms with Crippen molar-refractivity contribution in [3.05, 3.63) is 29.8 Å². The Morgan fingerprint density at radius 2 is 2.15 bits per heavy atom. The van der Waals surface area contributed by atoms with Crippen molar-refractivity contribution in [3.63, 3.8) is 0 Å². The van der Waals surface area contributed by atoms with E-state index in [1.54, 1.807) is 31.4 Å². The molecule has 1 aromatic carbocycles. The van der Waals surface area contributed by atoms with Gasteiger partial charge in [-0.25, -0.2) is 0 Å². The fraction of sp³-hybridized carbons (Fsp3) is 0.533. The molecule has 0 aliphatic heterocycles. The van der Waals surface area contributed by atoms with Crippen molar-refractivity contribution in [2.45, 2.75) is 43.9 Å². The molecule has 0 aromatic heterocycles. The van der Waals surface area contributed by atoms with Gasteiger partial charge in [0, 0.05) is 13.2 Å². The third kappa shape index (κ3) is 3.95. The van der Waals surface area contributed by atoms with Gasteiger partial charge < -0.3 is 20.9 Å². The Bertz CT molecular complexity index is 447. The van der Waals surface area contributed by atoms with E-state index in [-0.39, 0.29) is 23.8 Å². The van der Waals surface area contributed by atoms with Gasteiger partial charge in [0.2, 0.25) is 5.91 Å². The van der Waals surface area contributed by atoms with Gasteiger partial charge in [0.15, 0.2) is 0 Å². The van der Waals surface area contributed by atoms with Gasteiger partial charge in [-0.3, -0.25) is 4.79 Å². The number of ether oxygens (including phenoxy) is 1. The van der Waals surface area contributed by atoms with Crippen molar-refractivity contribution < 1.29 is 14.6 Å². The average molecular weight is 278 g/mol. The predicted molar refractivity (Wildman–Crippen MR) is 76.4 cm³/mol. The molecular weight excluding hydrogens is 256 g/mol. The highest BCUT2D eigenvalue weighted by molar-refractivity contribution is 5.82. The first kappa shape index (κ1) is 14.8. The van der Waals surface area contributed by atoms with E-state index in [1.165, 1.54) is 0 Å². The number of nitrogens with two attached hydrogens (primary N) is 1. The molecule has 1 aliphatic rings. The molecule has 0 bridgehead atoms. The third-order valence-corrected chi connectivity index (χ3v) is 3.79. The molecule has 3 unspecified atom stereocenters. The van der Waals surface area contributed by atoms with E-state index in [4.69, 9.17) is 10.5 Å². The maximum absolute atomic E-state index is 12.0. The van der Waals surface area contributed by atoms with Gasteiger partial charge >= 0.3 is 0 Å². The summed E-state index contributed by atoms with van der Waals surface area (Å²) in [5.74, 6) is 0.0863. The molecule has 0 heterocycles. The molecule has 0 saturated heterocycles. The molecule has 1 aromatic rings. The number of phenols is 1. The fourth-order valence-electron chi connectivity index (χ4n) is 2.57. The van der Waals surface area contributed by atoms with Crippen LogP contribution in [0.15, 0.2) is 24.3 Å². The van der Waals surface area contributed by atoms with Gasteiger partial charge in [-0.05, 0) is 43.4 Å². The van der Waals surface area contributed by atoms with Crippen LogP contribution in [0.25, 0.3) is 0 Å². The van der Waals surface area contributed by atoms with Crippen LogP contribution in [0.1, 0.15) is 24.8 Å². The van der Waals surface area contributed by atoms with Crippen molar-refractivity contribution in [2.75, 3.05) is 7.11 Å². The molecule has 1 saturated carbocycles. The molecular formula is C15H22N2O3. The summed E-state index contributed by atoms with van der Waals surface area (Å²) in [4.78, 5) is 12.0. The Morgan fingerprint density at radius 3 is 2.75 bits per heavy atom. The number of hydrogen-bond donors (Lipinski definition) is 3. The molecule has 0 radical (unpaired) electrons. The number of amides is 1. The molecule has 0 spiro atoms. The van der Waals surface area contributed by atoms with Crippen LogP contribution in [0.3, 0.4) is 0 Å². The van der Waals surface area contributed by atoms with Crippen LogP contribution in [0, 0.1) is 0 Å². The third-order valence-electron chi connectivity index (χ3n) is 3.79. The number of methoxy groups -OCH3 is 1. The molecule has 2 rings (SSSR count). The average Bonchev–Trinajstić information content (AvgIpc) is 2.89. The lowest BCUT2D eigenvalue weighted by molar-refractivity contribution is -0.123. The second-order valence-corrected chi connectivity index (χ2v) is 5.35. The minimum Gasteiger partial charge on any atom is -0.508 e. The van der Waals surface area contributed by atoms with E-state index in [9.17, 15) is 9.90 Å². The topological polar surface area (TPSA) is 84.6 Å². The molecule has 1 aliphatic carbocycles. The van der Waals surface area contributed by atoms with Crippen LogP contribution in [0.5, 0.6) is 5.75 Å². The normalized spacial score (nSPS) is 23.5. The van der Waals surface area contributed by atoms with Crippen molar-refractivity contribution in [2.24, 2.45) is 5.73 Å². The zero-order chi connectivity index (χ0) is 14.5. The van der Waals surface area contributed by atoms with Crippen LogP contribution in [-0.4, -0.2) is 36.3 Å². The molecule has 1 fully saturated rings. The first-order valence-corrected chi connectivity index (χ1v) is 6.95. The molecule has 20 heavy (non-hydrogen) atoms. The van der Waals surface area contributed by atoms with Crippen LogP contribution in [0.4, 0.5) is 0 Å². The van der Waals surface area contributed by atoms with E-state index in [0.717, 1.165) is 24.8 Å². The number of nitrogens with one attached hydrogen (secondary N) is 1. The molecule has 5 nitrogen and oxygen atoms in total. The molecule has 5 heteroatoms. The number of aromatic hydroxyl groups is 1. The first-order valence-electron chi connectivity index (χ1n) is 6.95. The van der Waals surface area contributed by atoms with Crippen LogP contribution in [-0.2, 0) is 16.0 Å². The number of benzene rings is 1. The monoisotopic (exact) mass is 278 g/mol. The number of rotatable bonds is 5. The minimum absolute atomic E-state index is 0.125. The van der Waals surface area contributed by atoms with Gasteiger partial charge in [0.1, 0.15) is 5.75 Å². The molecule has 1 amide bonds. The van der Waals surface area contributed by atoms with Crippen molar-refractivity contribution in [1.29, 1.82) is 0 Å². The standard InChI is InChI=1S/C15H22N2O3/c1-20-13-7-4-11(9-13)17-15(19)14(16)8-10-2-5-12(18)6-3-10/h2-3,5-6,11,13-14,18H,4,7-9,16H2,1H3,(H,17,19). The number of carbonyl (C=O) groups excluding carboxylic acids is 1. The van der Waals surface area contributed by atoms with Gasteiger partial charge in [-0.15, -0.1) is 0 Å². The minimum atomic E-state index is -0.568. The number of phenolic OH excluding ortho intramolecular Hbond substituents is 1. The Kier molecular flexibility index (Phi) is 4.98. The highest BCUT2D eigenvalue weighted by Gasteiger charge is 2.27. The van der Waals surface area contributed by atoms with Crippen LogP contribution >= 0.6 is 0 Å². The van der Waals surface area contributed by atoms with Gasteiger partial charge in [0.25, 0.3) is 0 Å². The Hall–Kier alpha value is -1.59. The van der Waals surface area contributed by atoms with Crippen LogP contribution < -0.4 is 11.1 Å². The van der Waals surface area contributed by atoms with Crippen molar-refractivity contribution in [3.8, 4) is 5.75 Å². The van der Waals surface area contributed by atoms with Gasteiger partial charge in [0.05, 0.1) is 12.1 Å². The first-order chi connectivity index (χ1) is 9.58. The highest BCUT2D eigenvalue weighted by atomic mass is 16.5. The summed E-state index contributed by atoms with van der Waals surface area (Å²) in [6.45, 7) is 0. The van der Waals surface area contributed by atoms with E-state index in [2.05, 4.69) is 5.32 Å². The van der Waals surface area contributed by atoms with Crippen molar-refractivity contribution >= 4 is 5.91 Å². The van der Waals surface area contributed by atoms with Crippen LogP contribution in [0.2, 0.25) is 0 Å². The summed E-state index contributed by atoms with van der Waals surface area (Å²) in [6.07, 6.45) is 3.49. The smallest absolute Gasteiger partial charge is 0.237 e. The van der Waals surface area contributed by atoms with E-state index >= 15 is 0 Å². The Labute approximate surface area is 119 Å². The maximum Gasteiger partial charge on any atom is 0.237 e. The van der Waals surface area contributed by atoms with Gasteiger partial charge in [-0.1, -0.05) is 12.1 Å². The Balaban J connectivity index is 1.81. The molecule has 3 atom stereocenters. The van der Waals surface area contributed by atoms with E-state index in [0.29, 0.717) is 6.42 Å². The predicted octanol–water partition coefficient (Wildman–Crippen LogP) is 0.946. The molecule has 110 valence electrons. The quantitative estimate of drug-likeness (QED) is 0.748. The SMILES string of the molecule is COC1CCC(NC(=O)C(N)Cc2ccc(O)cc2)C1. The lowest BCUT2D eigenvalue weighted by Crippen LogP contribution is -2.45. The van der Waals surface area contributed by atoms with E-state index < -0.39 is 6.04 Å². The summed E-state index contributed by atoms with van der Waals surface area (Å²) >= 11 is 0. The summed E-state index contributed by atoms with van der Waals surface area (Å²) in [6, 6.07) is 6.34. The number of hydrogen-bond acceptors (Lipinski definition) is 4. The number of carbonyl (C=O) groups is 1. The summed E-state index contributed by atoms with van der Waals surface area (Å²) < 4.78 is 5.28. The molecule has 4 N–H and O–H groups in total. The summed E-state index contributed by atoms with van der Waals surface area (Å²) in [5, 5.41) is 12.2. The lowest BCUT2D eigenvalue weighted by Gasteiger charge is -2.17. The Morgan fingerprint density at radius 1 is 1.45 bits per heavy atom. The largest absolute Gasteiger partial charge is 0.508 e. The zero-order valence-electron chi connectivity index (χ0n) is 11.7. The van der Waals surface area contributed by atoms with E-state index in [1.807, 2.05) is 0 Å². The van der Waals surface area contributed by atoms with Crippen molar-refractivity contribution in [1.82, 2.24) is 5.32 Å². The maximum atomic E-state index is 12.0. The summed E-state index contributed by atoms with van der Waals surface area (Å²) in [7, 11) is 1.70. The zero-order valence-corrected chi connectivity index (χ0v) is 11.7. The fourth-order valence-corrected chi connectivity index (χ4v) is 2.57. The second kappa shape index (κ2) is 6.72. The highest BCUT2D eigenvalue weighted by Crippen LogP contribution is 2.21. The lowest BCUT2D eigenvalue weighted by atomic mass is 10.1. The van der Waals surface area contributed by atoms with Gasteiger partial charge in [-0.2, -0.15) is 0 Å². The second-order valence-electron chi connectivity index (χ2n) is 5.35. The summed E-state index contributed by atoms with van der Waals surface area (Å²) in [5.41, 5.74) is 6.86.